The van der Waals surface area contributed by atoms with Crippen LogP contribution in [0.15, 0.2) is 30.6 Å². The summed E-state index contributed by atoms with van der Waals surface area (Å²) >= 11 is 11.9. The molecule has 0 saturated heterocycles. The number of aromatic nitrogens is 2. The summed E-state index contributed by atoms with van der Waals surface area (Å²) < 4.78 is 0. The molecule has 3 nitrogen and oxygen atoms in total. The van der Waals surface area contributed by atoms with Crippen LogP contribution in [-0.4, -0.2) is 9.97 Å². The highest BCUT2D eigenvalue weighted by molar-refractivity contribution is 6.42. The van der Waals surface area contributed by atoms with E-state index in [0.29, 0.717) is 16.6 Å². The van der Waals surface area contributed by atoms with E-state index in [1.54, 1.807) is 12.4 Å². The van der Waals surface area contributed by atoms with Crippen molar-refractivity contribution in [3.05, 3.63) is 57.6 Å². The Labute approximate surface area is 123 Å². The van der Waals surface area contributed by atoms with Gasteiger partial charge in [-0.3, -0.25) is 9.97 Å². The average Bonchev–Trinajstić information content (AvgIpc) is 2.41. The summed E-state index contributed by atoms with van der Waals surface area (Å²) in [4.78, 5) is 8.52. The minimum Gasteiger partial charge on any atom is -0.305 e. The largest absolute Gasteiger partial charge is 0.305 e. The Hall–Kier alpha value is -1.16. The minimum absolute atomic E-state index is 0.165. The third-order valence-electron chi connectivity index (χ3n) is 2.87. The lowest BCUT2D eigenvalue weighted by Gasteiger charge is -2.14. The molecular weight excluding hydrogens is 281 g/mol. The van der Waals surface area contributed by atoms with Gasteiger partial charge in [0.25, 0.3) is 0 Å². The molecule has 0 radical (unpaired) electrons. The zero-order chi connectivity index (χ0) is 13.8. The molecule has 0 bridgehead atoms. The van der Waals surface area contributed by atoms with Crippen LogP contribution in [0, 0.1) is 6.92 Å². The smallest absolute Gasteiger partial charge is 0.0724 e. The Kier molecular flexibility index (Phi) is 4.75. The number of benzene rings is 1. The van der Waals surface area contributed by atoms with Crippen LogP contribution in [0.3, 0.4) is 0 Å². The summed E-state index contributed by atoms with van der Waals surface area (Å²) in [6, 6.07) is 5.82. The second-order valence-electron chi connectivity index (χ2n) is 4.43. The number of hydrogen-bond donors (Lipinski definition) is 1. The average molecular weight is 296 g/mol. The molecule has 1 unspecified atom stereocenters. The third-order valence-corrected chi connectivity index (χ3v) is 3.61. The minimum atomic E-state index is 0.165. The van der Waals surface area contributed by atoms with Crippen LogP contribution in [0.25, 0.3) is 0 Å². The van der Waals surface area contributed by atoms with Gasteiger partial charge in [-0.25, -0.2) is 0 Å². The van der Waals surface area contributed by atoms with Gasteiger partial charge in [0.1, 0.15) is 0 Å². The summed E-state index contributed by atoms with van der Waals surface area (Å²) in [5.74, 6) is 0. The number of aryl methyl sites for hydroxylation is 1. The molecule has 2 rings (SSSR count). The molecule has 2 aromatic rings. The van der Waals surface area contributed by atoms with Gasteiger partial charge in [0.2, 0.25) is 0 Å². The fraction of sp³-hybridized carbons (Fsp3) is 0.286. The van der Waals surface area contributed by atoms with E-state index >= 15 is 0 Å². The summed E-state index contributed by atoms with van der Waals surface area (Å²) in [5, 5.41) is 4.52. The molecular formula is C14H15Cl2N3. The van der Waals surface area contributed by atoms with Crippen molar-refractivity contribution in [3.63, 3.8) is 0 Å². The second-order valence-corrected chi connectivity index (χ2v) is 5.24. The van der Waals surface area contributed by atoms with Crippen LogP contribution in [0.5, 0.6) is 0 Å². The Balaban J connectivity index is 1.98. The van der Waals surface area contributed by atoms with E-state index in [-0.39, 0.29) is 6.04 Å². The lowest BCUT2D eigenvalue weighted by molar-refractivity contribution is 0.566. The van der Waals surface area contributed by atoms with Crippen molar-refractivity contribution >= 4 is 23.2 Å². The van der Waals surface area contributed by atoms with Crippen molar-refractivity contribution in [2.24, 2.45) is 0 Å². The van der Waals surface area contributed by atoms with Gasteiger partial charge in [0.15, 0.2) is 0 Å². The molecule has 5 heteroatoms. The predicted molar refractivity (Wildman–Crippen MR) is 78.5 cm³/mol. The maximum absolute atomic E-state index is 6.01. The zero-order valence-electron chi connectivity index (χ0n) is 10.8. The molecule has 1 aromatic heterocycles. The van der Waals surface area contributed by atoms with Crippen molar-refractivity contribution in [1.29, 1.82) is 0 Å². The van der Waals surface area contributed by atoms with E-state index in [0.717, 1.165) is 17.0 Å². The van der Waals surface area contributed by atoms with Gasteiger partial charge < -0.3 is 5.32 Å². The molecule has 0 amide bonds. The highest BCUT2D eigenvalue weighted by atomic mass is 35.5. The molecule has 1 heterocycles. The molecule has 0 aliphatic heterocycles. The lowest BCUT2D eigenvalue weighted by Crippen LogP contribution is -2.19. The molecule has 0 spiro atoms. The summed E-state index contributed by atoms with van der Waals surface area (Å²) in [6.07, 6.45) is 3.55. The lowest BCUT2D eigenvalue weighted by atomic mass is 10.1. The van der Waals surface area contributed by atoms with E-state index < -0.39 is 0 Å². The van der Waals surface area contributed by atoms with Crippen LogP contribution in [0.2, 0.25) is 10.0 Å². The molecule has 0 aliphatic rings. The van der Waals surface area contributed by atoms with Gasteiger partial charge >= 0.3 is 0 Å². The van der Waals surface area contributed by atoms with Gasteiger partial charge in [-0.2, -0.15) is 0 Å². The van der Waals surface area contributed by atoms with Crippen LogP contribution < -0.4 is 5.32 Å². The van der Waals surface area contributed by atoms with E-state index in [1.807, 2.05) is 25.1 Å². The molecule has 100 valence electrons. The van der Waals surface area contributed by atoms with Gasteiger partial charge in [-0.15, -0.1) is 0 Å². The van der Waals surface area contributed by atoms with E-state index in [9.17, 15) is 0 Å². The van der Waals surface area contributed by atoms with Gasteiger partial charge in [0.05, 0.1) is 21.4 Å². The van der Waals surface area contributed by atoms with Crippen LogP contribution in [-0.2, 0) is 6.54 Å². The number of nitrogens with one attached hydrogen (secondary N) is 1. The van der Waals surface area contributed by atoms with Crippen molar-refractivity contribution < 1.29 is 0 Å². The molecule has 0 fully saturated rings. The van der Waals surface area contributed by atoms with Crippen molar-refractivity contribution in [1.82, 2.24) is 15.3 Å². The van der Waals surface area contributed by atoms with Gasteiger partial charge in [0, 0.05) is 25.0 Å². The van der Waals surface area contributed by atoms with Gasteiger partial charge in [-0.05, 0) is 31.5 Å². The van der Waals surface area contributed by atoms with Crippen molar-refractivity contribution in [2.75, 3.05) is 0 Å². The molecule has 19 heavy (non-hydrogen) atoms. The van der Waals surface area contributed by atoms with E-state index in [4.69, 9.17) is 23.2 Å². The maximum atomic E-state index is 6.01. The van der Waals surface area contributed by atoms with Crippen LogP contribution in [0.1, 0.15) is 29.9 Å². The fourth-order valence-corrected chi connectivity index (χ4v) is 1.97. The highest BCUT2D eigenvalue weighted by Crippen LogP contribution is 2.25. The second kappa shape index (κ2) is 6.33. The standard InChI is InChI=1S/C14H15Cl2N3/c1-9-6-19-12(7-17-9)8-18-10(2)11-3-4-13(15)14(16)5-11/h3-7,10,18H,8H2,1-2H3. The first-order chi connectivity index (χ1) is 9.06. The Bertz CT molecular complexity index is 555. The van der Waals surface area contributed by atoms with Gasteiger partial charge in [-0.1, -0.05) is 29.3 Å². The summed E-state index contributed by atoms with van der Waals surface area (Å²) in [7, 11) is 0. The molecule has 1 N–H and O–H groups in total. The molecule has 1 atom stereocenters. The molecule has 0 aliphatic carbocycles. The quantitative estimate of drug-likeness (QED) is 0.928. The van der Waals surface area contributed by atoms with Crippen LogP contribution >= 0.6 is 23.2 Å². The van der Waals surface area contributed by atoms with Crippen LogP contribution in [0.4, 0.5) is 0 Å². The predicted octanol–water partition coefficient (Wildman–Crippen LogP) is 3.94. The third kappa shape index (κ3) is 3.90. The molecule has 1 aromatic carbocycles. The monoisotopic (exact) mass is 295 g/mol. The first-order valence-corrected chi connectivity index (χ1v) is 6.77. The Morgan fingerprint density at radius 3 is 2.58 bits per heavy atom. The van der Waals surface area contributed by atoms with Crippen molar-refractivity contribution in [3.8, 4) is 0 Å². The van der Waals surface area contributed by atoms with E-state index in [1.165, 1.54) is 0 Å². The topological polar surface area (TPSA) is 37.8 Å². The number of rotatable bonds is 4. The Morgan fingerprint density at radius 1 is 1.16 bits per heavy atom. The maximum Gasteiger partial charge on any atom is 0.0724 e. The SMILES string of the molecule is Cc1cnc(CNC(C)c2ccc(Cl)c(Cl)c2)cn1. The summed E-state index contributed by atoms with van der Waals surface area (Å²) in [6.45, 7) is 4.65. The zero-order valence-corrected chi connectivity index (χ0v) is 12.3. The number of halogens is 2. The number of hydrogen-bond acceptors (Lipinski definition) is 3. The van der Waals surface area contributed by atoms with E-state index in [2.05, 4.69) is 22.2 Å². The normalized spacial score (nSPS) is 12.4. The summed E-state index contributed by atoms with van der Waals surface area (Å²) in [5.41, 5.74) is 2.92. The Morgan fingerprint density at radius 2 is 1.95 bits per heavy atom. The number of nitrogens with zero attached hydrogens (tertiary/aromatic N) is 2. The molecule has 0 saturated carbocycles. The fourth-order valence-electron chi connectivity index (χ4n) is 1.67. The first-order valence-electron chi connectivity index (χ1n) is 6.02. The first kappa shape index (κ1) is 14.3. The highest BCUT2D eigenvalue weighted by Gasteiger charge is 2.07. The van der Waals surface area contributed by atoms with Crippen molar-refractivity contribution in [2.45, 2.75) is 26.4 Å².